The summed E-state index contributed by atoms with van der Waals surface area (Å²) in [6.07, 6.45) is 1.27. The first-order chi connectivity index (χ1) is 8.52. The molecule has 2 N–H and O–H groups in total. The Hall–Kier alpha value is -1.06. The molecule has 2 unspecified atom stereocenters. The lowest BCUT2D eigenvalue weighted by Crippen LogP contribution is -2.47. The summed E-state index contributed by atoms with van der Waals surface area (Å²) in [6, 6.07) is 9.24. The zero-order valence-electron chi connectivity index (χ0n) is 10.8. The Labute approximate surface area is 113 Å². The molecule has 0 fully saturated rings. The summed E-state index contributed by atoms with van der Waals surface area (Å²) in [5.74, 6) is -0.222. The number of benzene rings is 1. The summed E-state index contributed by atoms with van der Waals surface area (Å²) in [6.45, 7) is 3.93. The van der Waals surface area contributed by atoms with Gasteiger partial charge in [-0.25, -0.2) is 0 Å². The highest BCUT2D eigenvalue weighted by Crippen LogP contribution is 2.22. The molecule has 0 spiro atoms. The van der Waals surface area contributed by atoms with Crippen LogP contribution >= 0.6 is 11.6 Å². The Kier molecular flexibility index (Phi) is 5.63. The molecule has 1 aromatic carbocycles. The average Bonchev–Trinajstić information content (AvgIpc) is 2.39. The van der Waals surface area contributed by atoms with Gasteiger partial charge in [-0.15, -0.1) is 11.6 Å². The fraction of sp³-hybridized carbons (Fsp3) is 0.500. The quantitative estimate of drug-likeness (QED) is 0.780. The minimum Gasteiger partial charge on any atom is -0.396 e. The topological polar surface area (TPSA) is 49.3 Å². The number of carbonyl (C=O) groups is 1. The van der Waals surface area contributed by atoms with Gasteiger partial charge in [0.05, 0.1) is 0 Å². The predicted octanol–water partition coefficient (Wildman–Crippen LogP) is 2.63. The largest absolute Gasteiger partial charge is 0.396 e. The van der Waals surface area contributed by atoms with Crippen molar-refractivity contribution in [1.29, 1.82) is 0 Å². The van der Waals surface area contributed by atoms with Crippen LogP contribution in [0.1, 0.15) is 37.6 Å². The van der Waals surface area contributed by atoms with E-state index in [0.717, 1.165) is 12.0 Å². The first kappa shape index (κ1) is 15.0. The molecule has 2 atom stereocenters. The number of aliphatic hydroxyl groups excluding tert-OH is 1. The highest BCUT2D eigenvalue weighted by atomic mass is 35.5. The van der Waals surface area contributed by atoms with Gasteiger partial charge < -0.3 is 10.4 Å². The van der Waals surface area contributed by atoms with E-state index in [1.54, 1.807) is 0 Å². The second-order valence-corrected chi connectivity index (χ2v) is 5.09. The lowest BCUT2D eigenvalue weighted by Gasteiger charge is -2.30. The molecule has 0 saturated heterocycles. The molecular weight excluding hydrogens is 250 g/mol. The maximum Gasteiger partial charge on any atom is 0.243 e. The lowest BCUT2D eigenvalue weighted by molar-refractivity contribution is -0.122. The van der Waals surface area contributed by atoms with E-state index in [1.165, 1.54) is 0 Å². The molecule has 0 aromatic heterocycles. The van der Waals surface area contributed by atoms with Crippen molar-refractivity contribution >= 4 is 17.5 Å². The summed E-state index contributed by atoms with van der Waals surface area (Å²) in [7, 11) is 0. The molecule has 0 aliphatic carbocycles. The molecule has 0 heterocycles. The number of alkyl halides is 1. The average molecular weight is 270 g/mol. The number of carbonyl (C=O) groups excluding carboxylic acids is 1. The predicted molar refractivity (Wildman–Crippen MR) is 73.6 cm³/mol. The van der Waals surface area contributed by atoms with E-state index in [-0.39, 0.29) is 12.5 Å². The van der Waals surface area contributed by atoms with Gasteiger partial charge in [-0.05, 0) is 25.3 Å². The summed E-state index contributed by atoms with van der Waals surface area (Å²) in [5.41, 5.74) is 0.368. The summed E-state index contributed by atoms with van der Waals surface area (Å²) < 4.78 is 0. The standard InChI is InChI=1S/C14H20ClNO2/c1-3-14(2,9-10-17)16-13(18)12(15)11-7-5-4-6-8-11/h4-8,12,17H,3,9-10H2,1-2H3,(H,16,18). The molecule has 0 bridgehead atoms. The number of hydrogen-bond donors (Lipinski definition) is 2. The van der Waals surface area contributed by atoms with Crippen molar-refractivity contribution in [1.82, 2.24) is 5.32 Å². The molecule has 1 rings (SSSR count). The van der Waals surface area contributed by atoms with E-state index < -0.39 is 10.9 Å². The van der Waals surface area contributed by atoms with Crippen molar-refractivity contribution < 1.29 is 9.90 Å². The van der Waals surface area contributed by atoms with E-state index in [0.29, 0.717) is 6.42 Å². The van der Waals surface area contributed by atoms with Crippen molar-refractivity contribution in [3.8, 4) is 0 Å². The SMILES string of the molecule is CCC(C)(CCO)NC(=O)C(Cl)c1ccccc1. The van der Waals surface area contributed by atoms with Crippen molar-refractivity contribution in [2.75, 3.05) is 6.61 Å². The Bertz CT molecular complexity index is 383. The van der Waals surface area contributed by atoms with Crippen molar-refractivity contribution in [3.63, 3.8) is 0 Å². The number of amides is 1. The Morgan fingerprint density at radius 3 is 2.56 bits per heavy atom. The zero-order chi connectivity index (χ0) is 13.6. The van der Waals surface area contributed by atoms with E-state index >= 15 is 0 Å². The van der Waals surface area contributed by atoms with Crippen LogP contribution < -0.4 is 5.32 Å². The van der Waals surface area contributed by atoms with Gasteiger partial charge in [0.15, 0.2) is 0 Å². The minimum absolute atomic E-state index is 0.0446. The number of hydrogen-bond acceptors (Lipinski definition) is 2. The number of nitrogens with one attached hydrogen (secondary N) is 1. The molecule has 3 nitrogen and oxygen atoms in total. The van der Waals surface area contributed by atoms with E-state index in [9.17, 15) is 4.79 Å². The molecule has 0 radical (unpaired) electrons. The fourth-order valence-corrected chi connectivity index (χ4v) is 1.91. The Morgan fingerprint density at radius 1 is 1.44 bits per heavy atom. The van der Waals surface area contributed by atoms with Crippen molar-refractivity contribution in [2.45, 2.75) is 37.6 Å². The van der Waals surface area contributed by atoms with Gasteiger partial charge >= 0.3 is 0 Å². The van der Waals surface area contributed by atoms with Crippen LogP contribution in [0.4, 0.5) is 0 Å². The lowest BCUT2D eigenvalue weighted by atomic mass is 9.94. The zero-order valence-corrected chi connectivity index (χ0v) is 11.6. The molecule has 0 aliphatic rings. The highest BCUT2D eigenvalue weighted by Gasteiger charge is 2.27. The van der Waals surface area contributed by atoms with Crippen LogP contribution in [0.25, 0.3) is 0 Å². The Morgan fingerprint density at radius 2 is 2.06 bits per heavy atom. The van der Waals surface area contributed by atoms with E-state index in [1.807, 2.05) is 44.2 Å². The van der Waals surface area contributed by atoms with Crippen molar-refractivity contribution in [3.05, 3.63) is 35.9 Å². The first-order valence-corrected chi connectivity index (χ1v) is 6.58. The van der Waals surface area contributed by atoms with Crippen LogP contribution in [0, 0.1) is 0 Å². The van der Waals surface area contributed by atoms with Gasteiger partial charge in [0.25, 0.3) is 0 Å². The van der Waals surface area contributed by atoms with Crippen LogP contribution in [0.2, 0.25) is 0 Å². The van der Waals surface area contributed by atoms with Crippen LogP contribution in [0.3, 0.4) is 0 Å². The van der Waals surface area contributed by atoms with E-state index in [2.05, 4.69) is 5.32 Å². The summed E-state index contributed by atoms with van der Waals surface area (Å²) in [4.78, 5) is 12.1. The first-order valence-electron chi connectivity index (χ1n) is 6.14. The number of rotatable bonds is 6. The molecule has 1 aromatic rings. The van der Waals surface area contributed by atoms with Gasteiger partial charge in [0, 0.05) is 12.1 Å². The monoisotopic (exact) mass is 269 g/mol. The van der Waals surface area contributed by atoms with Crippen LogP contribution in [-0.4, -0.2) is 23.2 Å². The van der Waals surface area contributed by atoms with Gasteiger partial charge in [-0.1, -0.05) is 37.3 Å². The smallest absolute Gasteiger partial charge is 0.243 e. The van der Waals surface area contributed by atoms with Gasteiger partial charge in [-0.2, -0.15) is 0 Å². The minimum atomic E-state index is -0.698. The van der Waals surface area contributed by atoms with Gasteiger partial charge in [0.1, 0.15) is 5.38 Å². The molecule has 18 heavy (non-hydrogen) atoms. The maximum atomic E-state index is 12.1. The Balaban J connectivity index is 2.70. The fourth-order valence-electron chi connectivity index (χ4n) is 1.71. The molecule has 4 heteroatoms. The second-order valence-electron chi connectivity index (χ2n) is 4.65. The number of aliphatic hydroxyl groups is 1. The van der Waals surface area contributed by atoms with Crippen LogP contribution in [0.15, 0.2) is 30.3 Å². The van der Waals surface area contributed by atoms with Crippen LogP contribution in [-0.2, 0) is 4.79 Å². The molecule has 0 aliphatic heterocycles. The second kappa shape index (κ2) is 6.76. The maximum absolute atomic E-state index is 12.1. The van der Waals surface area contributed by atoms with E-state index in [4.69, 9.17) is 16.7 Å². The molecule has 1 amide bonds. The normalized spacial score (nSPS) is 15.8. The van der Waals surface area contributed by atoms with Gasteiger partial charge in [0.2, 0.25) is 5.91 Å². The molecular formula is C14H20ClNO2. The van der Waals surface area contributed by atoms with Crippen LogP contribution in [0.5, 0.6) is 0 Å². The third-order valence-electron chi connectivity index (χ3n) is 3.19. The third kappa shape index (κ3) is 4.00. The summed E-state index contributed by atoms with van der Waals surface area (Å²) >= 11 is 6.15. The molecule has 0 saturated carbocycles. The van der Waals surface area contributed by atoms with Gasteiger partial charge in [-0.3, -0.25) is 4.79 Å². The third-order valence-corrected chi connectivity index (χ3v) is 3.64. The molecule has 100 valence electrons. The number of halogens is 1. The highest BCUT2D eigenvalue weighted by molar-refractivity contribution is 6.30. The van der Waals surface area contributed by atoms with Crippen molar-refractivity contribution in [2.24, 2.45) is 0 Å². The summed E-state index contributed by atoms with van der Waals surface area (Å²) in [5, 5.41) is 11.2.